The summed E-state index contributed by atoms with van der Waals surface area (Å²) in [7, 11) is 0. The minimum absolute atomic E-state index is 0.0967. The molecule has 3 aromatic rings. The fourth-order valence-corrected chi connectivity index (χ4v) is 5.26. The first-order chi connectivity index (χ1) is 15.1. The van der Waals surface area contributed by atoms with E-state index in [4.69, 9.17) is 17.0 Å². The van der Waals surface area contributed by atoms with Crippen molar-refractivity contribution in [1.29, 1.82) is 0 Å². The van der Waals surface area contributed by atoms with Crippen LogP contribution in [-0.4, -0.2) is 26.9 Å². The van der Waals surface area contributed by atoms with E-state index in [1.807, 2.05) is 48.5 Å². The van der Waals surface area contributed by atoms with Crippen LogP contribution in [0.15, 0.2) is 78.9 Å². The first-order valence-electron chi connectivity index (χ1n) is 10.4. The van der Waals surface area contributed by atoms with Crippen molar-refractivity contribution in [3.8, 4) is 5.75 Å². The maximum absolute atomic E-state index is 13.0. The van der Waals surface area contributed by atoms with Crippen LogP contribution in [0.3, 0.4) is 0 Å². The SMILES string of the molecule is Cc1cccc(COc2ccccc2C[C@@H]2SC(=S)N(CCc3ccccc3)C2=O)c1. The van der Waals surface area contributed by atoms with Crippen LogP contribution in [-0.2, 0) is 24.2 Å². The number of carbonyl (C=O) groups excluding carboxylic acids is 1. The smallest absolute Gasteiger partial charge is 0.241 e. The van der Waals surface area contributed by atoms with E-state index in [0.717, 1.165) is 23.3 Å². The number of thiocarbonyl (C=S) groups is 1. The molecule has 1 aliphatic heterocycles. The molecule has 3 aromatic carbocycles. The van der Waals surface area contributed by atoms with Gasteiger partial charge >= 0.3 is 0 Å². The molecule has 0 aliphatic carbocycles. The molecule has 0 unspecified atom stereocenters. The number of rotatable bonds is 8. The van der Waals surface area contributed by atoms with E-state index in [1.165, 1.54) is 22.9 Å². The molecular weight excluding hydrogens is 422 g/mol. The summed E-state index contributed by atoms with van der Waals surface area (Å²) in [4.78, 5) is 14.8. The molecule has 5 heteroatoms. The third-order valence-electron chi connectivity index (χ3n) is 5.33. The second-order valence-electron chi connectivity index (χ2n) is 7.69. The Bertz CT molecular complexity index is 1070. The zero-order valence-electron chi connectivity index (χ0n) is 17.5. The van der Waals surface area contributed by atoms with Gasteiger partial charge in [0.1, 0.15) is 16.7 Å². The lowest BCUT2D eigenvalue weighted by Crippen LogP contribution is -2.33. The van der Waals surface area contributed by atoms with Gasteiger partial charge in [0.15, 0.2) is 0 Å². The largest absolute Gasteiger partial charge is 0.489 e. The number of carbonyl (C=O) groups is 1. The van der Waals surface area contributed by atoms with Gasteiger partial charge < -0.3 is 4.74 Å². The highest BCUT2D eigenvalue weighted by Gasteiger charge is 2.36. The van der Waals surface area contributed by atoms with Crippen molar-refractivity contribution in [1.82, 2.24) is 4.90 Å². The number of hydrogen-bond acceptors (Lipinski definition) is 4. The van der Waals surface area contributed by atoms with Crippen LogP contribution in [0.5, 0.6) is 5.75 Å². The molecule has 0 bridgehead atoms. The summed E-state index contributed by atoms with van der Waals surface area (Å²) in [5.74, 6) is 0.922. The Labute approximate surface area is 193 Å². The minimum Gasteiger partial charge on any atom is -0.489 e. The van der Waals surface area contributed by atoms with Crippen LogP contribution in [0, 0.1) is 6.92 Å². The molecule has 0 aromatic heterocycles. The molecule has 0 spiro atoms. The van der Waals surface area contributed by atoms with E-state index in [1.54, 1.807) is 4.90 Å². The monoisotopic (exact) mass is 447 g/mol. The molecule has 0 saturated carbocycles. The van der Waals surface area contributed by atoms with Crippen molar-refractivity contribution in [2.45, 2.75) is 31.6 Å². The molecule has 1 aliphatic rings. The summed E-state index contributed by atoms with van der Waals surface area (Å²) in [6.45, 7) is 3.20. The Morgan fingerprint density at radius 2 is 1.71 bits per heavy atom. The van der Waals surface area contributed by atoms with Crippen LogP contribution in [0.2, 0.25) is 0 Å². The summed E-state index contributed by atoms with van der Waals surface area (Å²) >= 11 is 7.01. The summed E-state index contributed by atoms with van der Waals surface area (Å²) in [6, 6.07) is 26.5. The molecule has 1 saturated heterocycles. The van der Waals surface area contributed by atoms with Crippen molar-refractivity contribution < 1.29 is 9.53 Å². The number of thioether (sulfide) groups is 1. The number of nitrogens with zero attached hydrogens (tertiary/aromatic N) is 1. The summed E-state index contributed by atoms with van der Waals surface area (Å²) in [5.41, 5.74) is 4.59. The second-order valence-corrected chi connectivity index (χ2v) is 9.52. The van der Waals surface area contributed by atoms with Crippen molar-refractivity contribution in [3.05, 3.63) is 101 Å². The van der Waals surface area contributed by atoms with Gasteiger partial charge in [0, 0.05) is 6.54 Å². The minimum atomic E-state index is -0.202. The fraction of sp³-hybridized carbons (Fsp3) is 0.231. The molecule has 0 radical (unpaired) electrons. The van der Waals surface area contributed by atoms with Gasteiger partial charge in [-0.05, 0) is 42.5 Å². The Morgan fingerprint density at radius 1 is 0.968 bits per heavy atom. The molecule has 4 rings (SSSR count). The third-order valence-corrected chi connectivity index (χ3v) is 6.91. The molecular formula is C26H25NO2S2. The first kappa shape index (κ1) is 21.6. The number of ether oxygens (including phenoxy) is 1. The number of para-hydroxylation sites is 1. The predicted octanol–water partition coefficient (Wildman–Crippen LogP) is 5.59. The number of benzene rings is 3. The molecule has 1 atom stereocenters. The molecule has 1 fully saturated rings. The maximum atomic E-state index is 13.0. The highest BCUT2D eigenvalue weighted by molar-refractivity contribution is 8.24. The third kappa shape index (κ3) is 5.54. The zero-order chi connectivity index (χ0) is 21.6. The summed E-state index contributed by atoms with van der Waals surface area (Å²) in [5, 5.41) is -0.202. The van der Waals surface area contributed by atoms with Crippen molar-refractivity contribution in [2.75, 3.05) is 6.54 Å². The lowest BCUT2D eigenvalue weighted by Gasteiger charge is -2.16. The van der Waals surface area contributed by atoms with E-state index in [2.05, 4.69) is 37.3 Å². The number of amides is 1. The normalized spacial score (nSPS) is 16.0. The average molecular weight is 448 g/mol. The Morgan fingerprint density at radius 3 is 2.52 bits per heavy atom. The summed E-state index contributed by atoms with van der Waals surface area (Å²) < 4.78 is 6.79. The number of hydrogen-bond donors (Lipinski definition) is 0. The Hall–Kier alpha value is -2.63. The van der Waals surface area contributed by atoms with Crippen LogP contribution in [0.4, 0.5) is 0 Å². The molecule has 1 amide bonds. The van der Waals surface area contributed by atoms with E-state index >= 15 is 0 Å². The van der Waals surface area contributed by atoms with Crippen molar-refractivity contribution >= 4 is 34.2 Å². The molecule has 3 nitrogen and oxygen atoms in total. The lowest BCUT2D eigenvalue weighted by molar-refractivity contribution is -0.126. The van der Waals surface area contributed by atoms with Gasteiger partial charge in [-0.25, -0.2) is 0 Å². The van der Waals surface area contributed by atoms with Gasteiger partial charge in [0.2, 0.25) is 5.91 Å². The maximum Gasteiger partial charge on any atom is 0.241 e. The highest BCUT2D eigenvalue weighted by Crippen LogP contribution is 2.32. The Kier molecular flexibility index (Phi) is 7.05. The number of aryl methyl sites for hydroxylation is 1. The molecule has 0 N–H and O–H groups in total. The first-order valence-corrected chi connectivity index (χ1v) is 11.7. The van der Waals surface area contributed by atoms with Gasteiger partial charge in [-0.2, -0.15) is 0 Å². The predicted molar refractivity (Wildman–Crippen MR) is 131 cm³/mol. The molecule has 158 valence electrons. The average Bonchev–Trinajstić information content (AvgIpc) is 3.05. The zero-order valence-corrected chi connectivity index (χ0v) is 19.1. The van der Waals surface area contributed by atoms with Crippen molar-refractivity contribution in [3.63, 3.8) is 0 Å². The Balaban J connectivity index is 1.40. The van der Waals surface area contributed by atoms with Gasteiger partial charge in [0.25, 0.3) is 0 Å². The van der Waals surface area contributed by atoms with Crippen molar-refractivity contribution in [2.24, 2.45) is 0 Å². The van der Waals surface area contributed by atoms with E-state index < -0.39 is 0 Å². The van der Waals surface area contributed by atoms with E-state index in [-0.39, 0.29) is 11.2 Å². The van der Waals surface area contributed by atoms with Crippen LogP contribution >= 0.6 is 24.0 Å². The standard InChI is InChI=1S/C26H25NO2S2/c1-19-8-7-11-21(16-19)18-29-23-13-6-5-12-22(23)17-24-25(28)27(26(30)31-24)15-14-20-9-3-2-4-10-20/h2-13,16,24H,14-15,17-18H2,1H3/t24-/m0/s1. The van der Waals surface area contributed by atoms with E-state index in [0.29, 0.717) is 23.9 Å². The van der Waals surface area contributed by atoms with Gasteiger partial charge in [-0.3, -0.25) is 9.69 Å². The van der Waals surface area contributed by atoms with Crippen LogP contribution in [0.25, 0.3) is 0 Å². The highest BCUT2D eigenvalue weighted by atomic mass is 32.2. The van der Waals surface area contributed by atoms with Crippen LogP contribution in [0.1, 0.15) is 22.3 Å². The van der Waals surface area contributed by atoms with Gasteiger partial charge in [0.05, 0.1) is 5.25 Å². The molecule has 1 heterocycles. The fourth-order valence-electron chi connectivity index (χ4n) is 3.69. The van der Waals surface area contributed by atoms with Gasteiger partial charge in [-0.15, -0.1) is 0 Å². The lowest BCUT2D eigenvalue weighted by atomic mass is 10.1. The van der Waals surface area contributed by atoms with Gasteiger partial charge in [-0.1, -0.05) is 102 Å². The summed E-state index contributed by atoms with van der Waals surface area (Å²) in [6.07, 6.45) is 1.41. The van der Waals surface area contributed by atoms with Crippen LogP contribution < -0.4 is 4.74 Å². The van der Waals surface area contributed by atoms with E-state index in [9.17, 15) is 4.79 Å². The topological polar surface area (TPSA) is 29.5 Å². The molecule has 31 heavy (non-hydrogen) atoms. The second kappa shape index (κ2) is 10.1. The quantitative estimate of drug-likeness (QED) is 0.421.